The number of aliphatic hydroxyl groups excluding tert-OH is 1. The van der Waals surface area contributed by atoms with Gasteiger partial charge in [0.05, 0.1) is 16.7 Å². The first kappa shape index (κ1) is 19.1. The lowest BCUT2D eigenvalue weighted by Gasteiger charge is -2.16. The van der Waals surface area contributed by atoms with Gasteiger partial charge in [-0.15, -0.1) is 0 Å². The fraction of sp³-hybridized carbons (Fsp3) is 0.250. The third kappa shape index (κ3) is 3.22. The maximum absolute atomic E-state index is 14.0. The molecule has 1 aliphatic rings. The molecule has 1 aromatic carbocycles. The van der Waals surface area contributed by atoms with E-state index in [1.165, 1.54) is 18.5 Å². The summed E-state index contributed by atoms with van der Waals surface area (Å²) >= 11 is 0. The lowest BCUT2D eigenvalue weighted by Crippen LogP contribution is -2.23. The van der Waals surface area contributed by atoms with Crippen molar-refractivity contribution in [1.29, 1.82) is 5.26 Å². The summed E-state index contributed by atoms with van der Waals surface area (Å²) < 4.78 is 82.8. The summed E-state index contributed by atoms with van der Waals surface area (Å²) in [5, 5.41) is 18.7. The smallest absolute Gasteiger partial charge is 0.341 e. The van der Waals surface area contributed by atoms with Crippen LogP contribution in [0.1, 0.15) is 22.8 Å². The van der Waals surface area contributed by atoms with Crippen molar-refractivity contribution in [1.82, 2.24) is 4.98 Å². The van der Waals surface area contributed by atoms with Gasteiger partial charge in [0.2, 0.25) is 9.84 Å². The first-order valence-corrected chi connectivity index (χ1v) is 8.89. The van der Waals surface area contributed by atoms with Crippen LogP contribution in [-0.2, 0) is 16.3 Å². The van der Waals surface area contributed by atoms with Crippen molar-refractivity contribution in [2.75, 3.05) is 0 Å². The van der Waals surface area contributed by atoms with Crippen LogP contribution in [0, 0.1) is 11.3 Å². The molecule has 0 fully saturated rings. The first-order valence-electron chi connectivity index (χ1n) is 7.34. The number of aromatic nitrogens is 1. The van der Waals surface area contributed by atoms with Crippen LogP contribution in [0.3, 0.4) is 0 Å². The second kappa shape index (κ2) is 6.47. The van der Waals surface area contributed by atoms with Gasteiger partial charge in [0.1, 0.15) is 23.7 Å². The minimum atomic E-state index is -5.22. The van der Waals surface area contributed by atoms with Crippen molar-refractivity contribution < 1.29 is 35.8 Å². The van der Waals surface area contributed by atoms with E-state index in [4.69, 9.17) is 10.00 Å². The molecule has 1 heterocycles. The topological polar surface area (TPSA) is 100 Å². The second-order valence-corrected chi connectivity index (χ2v) is 7.61. The highest BCUT2D eigenvalue weighted by Crippen LogP contribution is 2.50. The van der Waals surface area contributed by atoms with Crippen LogP contribution >= 0.6 is 0 Å². The highest BCUT2D eigenvalue weighted by atomic mass is 32.2. The summed E-state index contributed by atoms with van der Waals surface area (Å²) in [6.07, 6.45) is -1.27. The van der Waals surface area contributed by atoms with Crippen LogP contribution in [-0.4, -0.2) is 30.2 Å². The van der Waals surface area contributed by atoms with Gasteiger partial charge >= 0.3 is 5.76 Å². The number of benzene rings is 1. The molecule has 0 amide bonds. The van der Waals surface area contributed by atoms with Gasteiger partial charge in [-0.25, -0.2) is 17.2 Å². The number of nitriles is 1. The third-order valence-corrected chi connectivity index (χ3v) is 5.41. The van der Waals surface area contributed by atoms with Gasteiger partial charge in [-0.1, -0.05) is 0 Å². The molecule has 142 valence electrons. The van der Waals surface area contributed by atoms with Gasteiger partial charge in [-0.05, 0) is 12.1 Å². The van der Waals surface area contributed by atoms with E-state index in [0.717, 1.165) is 6.07 Å². The van der Waals surface area contributed by atoms with Gasteiger partial charge in [0, 0.05) is 29.8 Å². The Bertz CT molecular complexity index is 1050. The zero-order valence-corrected chi connectivity index (χ0v) is 14.1. The Hall–Kier alpha value is -2.71. The molecule has 0 aliphatic heterocycles. The number of hydrogen-bond acceptors (Lipinski definition) is 6. The Morgan fingerprint density at radius 2 is 2.04 bits per heavy atom. The van der Waals surface area contributed by atoms with Crippen molar-refractivity contribution in [3.8, 4) is 17.6 Å². The number of aliphatic hydroxyl groups is 1. The van der Waals surface area contributed by atoms with Crippen molar-refractivity contribution in [3.05, 3.63) is 47.3 Å². The molecule has 27 heavy (non-hydrogen) atoms. The molecule has 0 spiro atoms. The van der Waals surface area contributed by atoms with E-state index < -0.39 is 50.1 Å². The normalized spacial score (nSPS) is 18.2. The van der Waals surface area contributed by atoms with Crippen LogP contribution in [0.2, 0.25) is 0 Å². The largest absolute Gasteiger partial charge is 0.455 e. The standard InChI is InChI=1S/C16H10F4N2O4S/c17-15(18)27(24,25)12-2-1-11(10-4-16(19,20)14(23)13(10)12)26-9-3-8(5-21)6-22-7-9/h1-3,6-7,14-15,23H,4H2. The summed E-state index contributed by atoms with van der Waals surface area (Å²) in [6, 6.07) is 4.69. The van der Waals surface area contributed by atoms with E-state index in [1.807, 2.05) is 0 Å². The summed E-state index contributed by atoms with van der Waals surface area (Å²) in [5.41, 5.74) is -1.11. The maximum Gasteiger partial charge on any atom is 0.341 e. The fourth-order valence-electron chi connectivity index (χ4n) is 2.75. The molecule has 0 saturated carbocycles. The first-order chi connectivity index (χ1) is 12.6. The molecule has 11 heteroatoms. The maximum atomic E-state index is 14.0. The number of fused-ring (bicyclic) bond motifs is 1. The lowest BCUT2D eigenvalue weighted by molar-refractivity contribution is -0.0976. The molecule has 2 aromatic rings. The summed E-state index contributed by atoms with van der Waals surface area (Å²) in [4.78, 5) is 2.65. The zero-order valence-electron chi connectivity index (χ0n) is 13.2. The Labute approximate surface area is 150 Å². The summed E-state index contributed by atoms with van der Waals surface area (Å²) in [5.74, 6) is -7.87. The van der Waals surface area contributed by atoms with Crippen molar-refractivity contribution >= 4 is 9.84 Å². The van der Waals surface area contributed by atoms with Crippen LogP contribution in [0.25, 0.3) is 0 Å². The van der Waals surface area contributed by atoms with Gasteiger partial charge in [-0.3, -0.25) is 4.98 Å². The van der Waals surface area contributed by atoms with E-state index in [0.29, 0.717) is 6.07 Å². The van der Waals surface area contributed by atoms with Gasteiger partial charge in [-0.2, -0.15) is 14.0 Å². The second-order valence-electron chi connectivity index (χ2n) is 5.72. The van der Waals surface area contributed by atoms with Gasteiger partial charge in [0.15, 0.2) is 0 Å². The number of rotatable bonds is 4. The van der Waals surface area contributed by atoms with Crippen LogP contribution in [0.4, 0.5) is 17.6 Å². The van der Waals surface area contributed by atoms with Crippen molar-refractivity contribution in [3.63, 3.8) is 0 Å². The lowest BCUT2D eigenvalue weighted by atomic mass is 10.1. The summed E-state index contributed by atoms with van der Waals surface area (Å²) in [6.45, 7) is 0. The number of pyridine rings is 1. The van der Waals surface area contributed by atoms with Crippen molar-refractivity contribution in [2.24, 2.45) is 0 Å². The van der Waals surface area contributed by atoms with Gasteiger partial charge < -0.3 is 9.84 Å². The number of ether oxygens (including phenoxy) is 1. The number of alkyl halides is 4. The molecule has 6 nitrogen and oxygen atoms in total. The van der Waals surface area contributed by atoms with E-state index >= 15 is 0 Å². The van der Waals surface area contributed by atoms with Crippen LogP contribution in [0.5, 0.6) is 11.5 Å². The molecule has 1 atom stereocenters. The fourth-order valence-corrected chi connectivity index (χ4v) is 3.74. The third-order valence-electron chi connectivity index (χ3n) is 3.97. The molecular formula is C16H10F4N2O4S. The van der Waals surface area contributed by atoms with Gasteiger partial charge in [0.25, 0.3) is 5.92 Å². The number of hydrogen-bond donors (Lipinski definition) is 1. The molecule has 0 saturated heterocycles. The number of nitrogens with zero attached hydrogens (tertiary/aromatic N) is 2. The molecule has 1 aromatic heterocycles. The minimum Gasteiger partial charge on any atom is -0.455 e. The molecular weight excluding hydrogens is 392 g/mol. The van der Waals surface area contributed by atoms with Crippen LogP contribution < -0.4 is 4.74 Å². The van der Waals surface area contributed by atoms with E-state index in [1.54, 1.807) is 6.07 Å². The van der Waals surface area contributed by atoms with E-state index in [2.05, 4.69) is 4.98 Å². The molecule has 0 radical (unpaired) electrons. The predicted octanol–water partition coefficient (Wildman–Crippen LogP) is 2.97. The zero-order chi connectivity index (χ0) is 20.0. The molecule has 1 unspecified atom stereocenters. The summed E-state index contributed by atoms with van der Waals surface area (Å²) in [7, 11) is -5.22. The Morgan fingerprint density at radius 3 is 2.67 bits per heavy atom. The highest BCUT2D eigenvalue weighted by molar-refractivity contribution is 7.91. The van der Waals surface area contributed by atoms with Crippen molar-refractivity contribution in [2.45, 2.75) is 29.1 Å². The predicted molar refractivity (Wildman–Crippen MR) is 82.3 cm³/mol. The monoisotopic (exact) mass is 402 g/mol. The average molecular weight is 402 g/mol. The number of halogens is 4. The quantitative estimate of drug-likeness (QED) is 0.790. The Morgan fingerprint density at radius 1 is 1.33 bits per heavy atom. The molecule has 1 N–H and O–H groups in total. The SMILES string of the molecule is N#Cc1cncc(Oc2ccc(S(=O)(=O)C(F)F)c3c2CC(F)(F)C3O)c1. The molecule has 0 bridgehead atoms. The molecule has 3 rings (SSSR count). The average Bonchev–Trinajstić information content (AvgIpc) is 2.85. The van der Waals surface area contributed by atoms with Crippen LogP contribution in [0.15, 0.2) is 35.5 Å². The van der Waals surface area contributed by atoms with E-state index in [-0.39, 0.29) is 17.1 Å². The minimum absolute atomic E-state index is 0.00887. The highest BCUT2D eigenvalue weighted by Gasteiger charge is 2.51. The van der Waals surface area contributed by atoms with E-state index in [9.17, 15) is 31.1 Å². The molecule has 1 aliphatic carbocycles. The Balaban J connectivity index is 2.15. The Kier molecular flexibility index (Phi) is 4.57. The number of sulfone groups is 1.